The molecule has 6 nitrogen and oxygen atoms in total. The fraction of sp³-hybridized carbons (Fsp3) is 0.444. The van der Waals surface area contributed by atoms with E-state index in [1.54, 1.807) is 6.92 Å². The number of carbonyl (C=O) groups excluding carboxylic acids is 1. The average molecular weight is 364 g/mol. The summed E-state index contributed by atoms with van der Waals surface area (Å²) in [7, 11) is -3.61. The molecule has 0 saturated heterocycles. The molecular weight excluding hydrogens is 340 g/mol. The van der Waals surface area contributed by atoms with Crippen molar-refractivity contribution in [3.05, 3.63) is 41.3 Å². The number of benzene rings is 1. The summed E-state index contributed by atoms with van der Waals surface area (Å²) in [6, 6.07) is 7.60. The number of nitrogens with one attached hydrogen (secondary N) is 1. The van der Waals surface area contributed by atoms with E-state index in [1.807, 2.05) is 38.1 Å². The van der Waals surface area contributed by atoms with Gasteiger partial charge in [-0.05, 0) is 31.9 Å². The minimum Gasteiger partial charge on any atom is -0.441 e. The van der Waals surface area contributed by atoms with Crippen LogP contribution in [0.4, 0.5) is 0 Å². The molecule has 0 aliphatic carbocycles. The third-order valence-electron chi connectivity index (χ3n) is 3.83. The van der Waals surface area contributed by atoms with E-state index in [0.29, 0.717) is 23.9 Å². The van der Waals surface area contributed by atoms with Crippen LogP contribution in [0.1, 0.15) is 36.8 Å². The highest BCUT2D eigenvalue weighted by molar-refractivity contribution is 7.91. The summed E-state index contributed by atoms with van der Waals surface area (Å²) in [5, 5.41) is 2.62. The summed E-state index contributed by atoms with van der Waals surface area (Å²) in [6.45, 7) is 6.11. The van der Waals surface area contributed by atoms with E-state index in [2.05, 4.69) is 10.3 Å². The SMILES string of the molecule is CCCCNC(=O)CS(=O)(=O)Cc1nc(-c2ccccc2C)oc1C. The van der Waals surface area contributed by atoms with E-state index in [1.165, 1.54) is 0 Å². The number of rotatable bonds is 8. The van der Waals surface area contributed by atoms with Gasteiger partial charge in [-0.1, -0.05) is 31.5 Å². The zero-order chi connectivity index (χ0) is 18.4. The Morgan fingerprint density at radius 3 is 2.64 bits per heavy atom. The Morgan fingerprint density at radius 2 is 1.96 bits per heavy atom. The normalized spacial score (nSPS) is 11.5. The van der Waals surface area contributed by atoms with E-state index in [0.717, 1.165) is 24.0 Å². The number of oxazole rings is 1. The second-order valence-electron chi connectivity index (χ2n) is 6.07. The van der Waals surface area contributed by atoms with Crippen molar-refractivity contribution in [3.63, 3.8) is 0 Å². The van der Waals surface area contributed by atoms with Crippen LogP contribution in [-0.4, -0.2) is 31.6 Å². The smallest absolute Gasteiger partial charge is 0.235 e. The fourth-order valence-corrected chi connectivity index (χ4v) is 3.69. The minimum absolute atomic E-state index is 0.310. The number of aryl methyl sites for hydroxylation is 2. The van der Waals surface area contributed by atoms with Gasteiger partial charge in [-0.3, -0.25) is 4.79 Å². The molecular formula is C18H24N2O4S. The Morgan fingerprint density at radius 1 is 1.24 bits per heavy atom. The number of hydrogen-bond donors (Lipinski definition) is 1. The van der Waals surface area contributed by atoms with Crippen LogP contribution in [0.2, 0.25) is 0 Å². The lowest BCUT2D eigenvalue weighted by molar-refractivity contribution is -0.118. The zero-order valence-electron chi connectivity index (χ0n) is 14.8. The van der Waals surface area contributed by atoms with Crippen molar-refractivity contribution in [1.82, 2.24) is 10.3 Å². The van der Waals surface area contributed by atoms with Gasteiger partial charge in [0.05, 0.1) is 11.4 Å². The van der Waals surface area contributed by atoms with E-state index in [-0.39, 0.29) is 5.75 Å². The van der Waals surface area contributed by atoms with Crippen molar-refractivity contribution in [1.29, 1.82) is 0 Å². The third kappa shape index (κ3) is 5.42. The molecule has 0 radical (unpaired) electrons. The van der Waals surface area contributed by atoms with Gasteiger partial charge in [0.2, 0.25) is 11.8 Å². The molecule has 0 aliphatic rings. The number of sulfone groups is 1. The maximum atomic E-state index is 12.3. The molecule has 0 fully saturated rings. The zero-order valence-corrected chi connectivity index (χ0v) is 15.6. The average Bonchev–Trinajstić information content (AvgIpc) is 2.87. The van der Waals surface area contributed by atoms with Crippen LogP contribution >= 0.6 is 0 Å². The number of hydrogen-bond acceptors (Lipinski definition) is 5. The lowest BCUT2D eigenvalue weighted by Gasteiger charge is -2.05. The van der Waals surface area contributed by atoms with Gasteiger partial charge >= 0.3 is 0 Å². The first-order chi connectivity index (χ1) is 11.8. The summed E-state index contributed by atoms with van der Waals surface area (Å²) < 4.78 is 30.2. The molecule has 0 saturated carbocycles. The summed E-state index contributed by atoms with van der Waals surface area (Å²) in [4.78, 5) is 16.1. The number of carbonyl (C=O) groups is 1. The van der Waals surface area contributed by atoms with Gasteiger partial charge in [-0.25, -0.2) is 13.4 Å². The maximum Gasteiger partial charge on any atom is 0.235 e. The maximum absolute atomic E-state index is 12.3. The van der Waals surface area contributed by atoms with Crippen LogP contribution in [0.3, 0.4) is 0 Å². The van der Waals surface area contributed by atoms with Crippen molar-refractivity contribution in [3.8, 4) is 11.5 Å². The van der Waals surface area contributed by atoms with Gasteiger partial charge in [-0.2, -0.15) is 0 Å². The second kappa shape index (κ2) is 8.29. The quantitative estimate of drug-likeness (QED) is 0.728. The van der Waals surface area contributed by atoms with Crippen molar-refractivity contribution in [2.24, 2.45) is 0 Å². The molecule has 1 amide bonds. The molecule has 1 aromatic carbocycles. The van der Waals surface area contributed by atoms with Gasteiger partial charge in [-0.15, -0.1) is 0 Å². The molecule has 1 aromatic heterocycles. The summed E-state index contributed by atoms with van der Waals surface area (Å²) >= 11 is 0. The Hall–Kier alpha value is -2.15. The van der Waals surface area contributed by atoms with Gasteiger partial charge in [0.1, 0.15) is 11.5 Å². The Bertz CT molecular complexity index is 841. The Kier molecular flexibility index (Phi) is 6.36. The molecule has 0 unspecified atom stereocenters. The molecule has 0 aliphatic heterocycles. The van der Waals surface area contributed by atoms with Crippen LogP contribution < -0.4 is 5.32 Å². The predicted molar refractivity (Wildman–Crippen MR) is 96.8 cm³/mol. The van der Waals surface area contributed by atoms with Crippen LogP contribution in [0.5, 0.6) is 0 Å². The largest absolute Gasteiger partial charge is 0.441 e. The molecule has 2 aromatic rings. The molecule has 2 rings (SSSR count). The van der Waals surface area contributed by atoms with Crippen LogP contribution in [0, 0.1) is 13.8 Å². The third-order valence-corrected chi connectivity index (χ3v) is 5.24. The molecule has 1 heterocycles. The number of nitrogens with zero attached hydrogens (tertiary/aromatic N) is 1. The Balaban J connectivity index is 2.10. The van der Waals surface area contributed by atoms with Gasteiger partial charge in [0.15, 0.2) is 9.84 Å². The van der Waals surface area contributed by atoms with Gasteiger partial charge in [0, 0.05) is 12.1 Å². The first kappa shape index (κ1) is 19.2. The number of unbranched alkanes of at least 4 members (excludes halogenated alkanes) is 1. The lowest BCUT2D eigenvalue weighted by atomic mass is 10.1. The van der Waals surface area contributed by atoms with Crippen molar-refractivity contribution in [2.75, 3.05) is 12.3 Å². The van der Waals surface area contributed by atoms with Gasteiger partial charge < -0.3 is 9.73 Å². The van der Waals surface area contributed by atoms with E-state index in [4.69, 9.17) is 4.42 Å². The topological polar surface area (TPSA) is 89.3 Å². The van der Waals surface area contributed by atoms with E-state index < -0.39 is 21.5 Å². The first-order valence-electron chi connectivity index (χ1n) is 8.32. The summed E-state index contributed by atoms with van der Waals surface area (Å²) in [5.41, 5.74) is 2.17. The number of aromatic nitrogens is 1. The Labute approximate surface area is 148 Å². The highest BCUT2D eigenvalue weighted by atomic mass is 32.2. The molecule has 1 N–H and O–H groups in total. The van der Waals surface area contributed by atoms with E-state index >= 15 is 0 Å². The van der Waals surface area contributed by atoms with Crippen molar-refractivity contribution < 1.29 is 17.6 Å². The molecule has 25 heavy (non-hydrogen) atoms. The number of amides is 1. The minimum atomic E-state index is -3.61. The summed E-state index contributed by atoms with van der Waals surface area (Å²) in [6.07, 6.45) is 1.76. The van der Waals surface area contributed by atoms with Crippen LogP contribution in [0.15, 0.2) is 28.7 Å². The van der Waals surface area contributed by atoms with Crippen molar-refractivity contribution in [2.45, 2.75) is 39.4 Å². The predicted octanol–water partition coefficient (Wildman–Crippen LogP) is 2.79. The first-order valence-corrected chi connectivity index (χ1v) is 10.1. The monoisotopic (exact) mass is 364 g/mol. The molecule has 0 atom stereocenters. The summed E-state index contributed by atoms with van der Waals surface area (Å²) in [5.74, 6) is -0.479. The lowest BCUT2D eigenvalue weighted by Crippen LogP contribution is -2.31. The molecule has 0 bridgehead atoms. The van der Waals surface area contributed by atoms with E-state index in [9.17, 15) is 13.2 Å². The standard InChI is InChI=1S/C18H24N2O4S/c1-4-5-10-19-17(21)12-25(22,23)11-16-14(3)24-18(20-16)15-9-7-6-8-13(15)2/h6-9H,4-5,10-12H2,1-3H3,(H,19,21). The second-order valence-corrected chi connectivity index (χ2v) is 8.14. The van der Waals surface area contributed by atoms with Gasteiger partial charge in [0.25, 0.3) is 0 Å². The fourth-order valence-electron chi connectivity index (χ4n) is 2.40. The highest BCUT2D eigenvalue weighted by Gasteiger charge is 2.22. The highest BCUT2D eigenvalue weighted by Crippen LogP contribution is 2.25. The molecule has 0 spiro atoms. The molecule has 7 heteroatoms. The van der Waals surface area contributed by atoms with Crippen LogP contribution in [0.25, 0.3) is 11.5 Å². The van der Waals surface area contributed by atoms with Crippen molar-refractivity contribution >= 4 is 15.7 Å². The molecule has 136 valence electrons. The van der Waals surface area contributed by atoms with Crippen LogP contribution in [-0.2, 0) is 20.4 Å².